The van der Waals surface area contributed by atoms with Crippen molar-refractivity contribution in [1.29, 1.82) is 0 Å². The molecule has 0 aliphatic heterocycles. The number of hydrogen-bond acceptors (Lipinski definition) is 2. The number of rotatable bonds is 4. The molecule has 1 saturated carbocycles. The van der Waals surface area contributed by atoms with Crippen molar-refractivity contribution in [2.24, 2.45) is 0 Å². The topological polar surface area (TPSA) is 49.4 Å². The molecule has 102 valence electrons. The fourth-order valence-corrected chi connectivity index (χ4v) is 2.10. The molecule has 0 radical (unpaired) electrons. The molecule has 1 aliphatic rings. The highest BCUT2D eigenvalue weighted by Gasteiger charge is 2.25. The normalized spacial score (nSPS) is 14.1. The lowest BCUT2D eigenvalue weighted by Crippen LogP contribution is -2.39. The summed E-state index contributed by atoms with van der Waals surface area (Å²) in [5.41, 5.74) is 0.210. The largest absolute Gasteiger partial charge is 0.352 e. The Morgan fingerprint density at radius 1 is 1.47 bits per heavy atom. The van der Waals surface area contributed by atoms with Crippen LogP contribution >= 0.6 is 15.9 Å². The highest BCUT2D eigenvalue weighted by atomic mass is 79.9. The molecule has 2 rings (SSSR count). The van der Waals surface area contributed by atoms with Gasteiger partial charge in [-0.2, -0.15) is 0 Å². The first-order valence-corrected chi connectivity index (χ1v) is 6.77. The van der Waals surface area contributed by atoms with E-state index in [9.17, 15) is 14.0 Å². The Morgan fingerprint density at radius 2 is 2.16 bits per heavy atom. The van der Waals surface area contributed by atoms with E-state index < -0.39 is 11.7 Å². The number of hydrogen-bond donors (Lipinski definition) is 1. The summed E-state index contributed by atoms with van der Waals surface area (Å²) in [5, 5.41) is 2.80. The van der Waals surface area contributed by atoms with Gasteiger partial charge in [-0.3, -0.25) is 9.59 Å². The van der Waals surface area contributed by atoms with Gasteiger partial charge in [0.15, 0.2) is 0 Å². The van der Waals surface area contributed by atoms with E-state index in [1.165, 1.54) is 30.1 Å². The zero-order valence-corrected chi connectivity index (χ0v) is 12.0. The molecule has 0 bridgehead atoms. The molecule has 0 saturated heterocycles. The van der Waals surface area contributed by atoms with Gasteiger partial charge >= 0.3 is 0 Å². The maximum Gasteiger partial charge on any atom is 0.255 e. The van der Waals surface area contributed by atoms with E-state index in [2.05, 4.69) is 21.2 Å². The minimum Gasteiger partial charge on any atom is -0.352 e. The van der Waals surface area contributed by atoms with Gasteiger partial charge in [0.25, 0.3) is 5.91 Å². The lowest BCUT2D eigenvalue weighted by Gasteiger charge is -2.17. The summed E-state index contributed by atoms with van der Waals surface area (Å²) >= 11 is 3.04. The molecule has 19 heavy (non-hydrogen) atoms. The zero-order valence-electron chi connectivity index (χ0n) is 10.5. The summed E-state index contributed by atoms with van der Waals surface area (Å²) in [7, 11) is 1.52. The van der Waals surface area contributed by atoms with Gasteiger partial charge in [0, 0.05) is 13.1 Å². The van der Waals surface area contributed by atoms with E-state index in [0.717, 1.165) is 12.8 Å². The van der Waals surface area contributed by atoms with Crippen LogP contribution in [-0.2, 0) is 4.79 Å². The quantitative estimate of drug-likeness (QED) is 0.918. The van der Waals surface area contributed by atoms with Crippen LogP contribution in [0.5, 0.6) is 0 Å². The molecule has 1 N–H and O–H groups in total. The van der Waals surface area contributed by atoms with Crippen molar-refractivity contribution in [3.8, 4) is 0 Å². The number of carbonyl (C=O) groups excluding carboxylic acids is 2. The van der Waals surface area contributed by atoms with Crippen LogP contribution in [0.1, 0.15) is 23.2 Å². The monoisotopic (exact) mass is 328 g/mol. The molecule has 0 spiro atoms. The molecular formula is C13H14BrFN2O2. The minimum absolute atomic E-state index is 0.0295. The third-order valence-corrected chi connectivity index (χ3v) is 3.66. The Balaban J connectivity index is 2.01. The van der Waals surface area contributed by atoms with Crippen LogP contribution in [0.2, 0.25) is 0 Å². The molecule has 1 fully saturated rings. The third-order valence-electron chi connectivity index (χ3n) is 2.85. The van der Waals surface area contributed by atoms with E-state index in [-0.39, 0.29) is 28.5 Å². The van der Waals surface area contributed by atoms with Crippen molar-refractivity contribution in [2.75, 3.05) is 13.6 Å². The number of halogens is 2. The predicted molar refractivity (Wildman–Crippen MR) is 72.2 cm³/mol. The minimum atomic E-state index is -0.498. The number of nitrogens with one attached hydrogen (secondary N) is 1. The van der Waals surface area contributed by atoms with Crippen LogP contribution in [0.15, 0.2) is 22.7 Å². The summed E-state index contributed by atoms with van der Waals surface area (Å²) in [5.74, 6) is -1.08. The van der Waals surface area contributed by atoms with Crippen LogP contribution in [0.25, 0.3) is 0 Å². The lowest BCUT2D eigenvalue weighted by molar-refractivity contribution is -0.121. The van der Waals surface area contributed by atoms with Gasteiger partial charge in [0.05, 0.1) is 16.6 Å². The Labute approximate surface area is 119 Å². The van der Waals surface area contributed by atoms with Crippen LogP contribution in [0, 0.1) is 5.82 Å². The first-order valence-electron chi connectivity index (χ1n) is 5.98. The molecule has 1 aromatic carbocycles. The summed E-state index contributed by atoms with van der Waals surface area (Å²) in [6.45, 7) is -0.0295. The summed E-state index contributed by atoms with van der Waals surface area (Å²) in [4.78, 5) is 25.0. The van der Waals surface area contributed by atoms with E-state index in [1.807, 2.05) is 0 Å². The van der Waals surface area contributed by atoms with Crippen molar-refractivity contribution in [2.45, 2.75) is 18.9 Å². The fourth-order valence-electron chi connectivity index (χ4n) is 1.66. The Bertz CT molecular complexity index is 517. The first-order chi connectivity index (χ1) is 8.99. The molecule has 4 nitrogen and oxygen atoms in total. The number of likely N-dealkylation sites (N-methyl/N-ethyl adjacent to an activating group) is 1. The van der Waals surface area contributed by atoms with Gasteiger partial charge in [-0.25, -0.2) is 4.39 Å². The molecule has 6 heteroatoms. The zero-order chi connectivity index (χ0) is 14.0. The molecular weight excluding hydrogens is 315 g/mol. The second-order valence-electron chi connectivity index (χ2n) is 4.60. The van der Waals surface area contributed by atoms with Crippen LogP contribution in [0.3, 0.4) is 0 Å². The SMILES string of the molecule is CN(CC(=O)NC1CC1)C(=O)c1cccc(F)c1Br. The summed E-state index contributed by atoms with van der Waals surface area (Å²) < 4.78 is 13.5. The van der Waals surface area contributed by atoms with Crippen LogP contribution < -0.4 is 5.32 Å². The molecule has 0 atom stereocenters. The smallest absolute Gasteiger partial charge is 0.255 e. The second kappa shape index (κ2) is 5.69. The van der Waals surface area contributed by atoms with Crippen molar-refractivity contribution in [3.63, 3.8) is 0 Å². The highest BCUT2D eigenvalue weighted by Crippen LogP contribution is 2.22. The van der Waals surface area contributed by atoms with E-state index in [0.29, 0.717) is 0 Å². The third kappa shape index (κ3) is 3.53. The number of nitrogens with zero attached hydrogens (tertiary/aromatic N) is 1. The number of carbonyl (C=O) groups is 2. The average molecular weight is 329 g/mol. The van der Waals surface area contributed by atoms with E-state index in [4.69, 9.17) is 0 Å². The van der Waals surface area contributed by atoms with E-state index >= 15 is 0 Å². The van der Waals surface area contributed by atoms with Gasteiger partial charge < -0.3 is 10.2 Å². The highest BCUT2D eigenvalue weighted by molar-refractivity contribution is 9.10. The molecule has 0 unspecified atom stereocenters. The number of amides is 2. The van der Waals surface area contributed by atoms with Crippen LogP contribution in [-0.4, -0.2) is 36.3 Å². The van der Waals surface area contributed by atoms with Gasteiger partial charge in [-0.15, -0.1) is 0 Å². The lowest BCUT2D eigenvalue weighted by atomic mass is 10.2. The van der Waals surface area contributed by atoms with Gasteiger partial charge in [0.2, 0.25) is 5.91 Å². The number of benzene rings is 1. The molecule has 0 aromatic heterocycles. The van der Waals surface area contributed by atoms with Crippen molar-refractivity contribution in [1.82, 2.24) is 10.2 Å². The van der Waals surface area contributed by atoms with E-state index in [1.54, 1.807) is 0 Å². The predicted octanol–water partition coefficient (Wildman–Crippen LogP) is 1.94. The van der Waals surface area contributed by atoms with Crippen LogP contribution in [0.4, 0.5) is 4.39 Å². The van der Waals surface area contributed by atoms with Crippen molar-refractivity contribution < 1.29 is 14.0 Å². The molecule has 1 aliphatic carbocycles. The first kappa shape index (κ1) is 14.0. The molecule has 0 heterocycles. The molecule has 1 aromatic rings. The maximum atomic E-state index is 13.3. The summed E-state index contributed by atoms with van der Waals surface area (Å²) in [6.07, 6.45) is 2.00. The van der Waals surface area contributed by atoms with Gasteiger partial charge in [-0.05, 0) is 40.9 Å². The Hall–Kier alpha value is -1.43. The maximum absolute atomic E-state index is 13.3. The Morgan fingerprint density at radius 3 is 2.79 bits per heavy atom. The molecule has 2 amide bonds. The van der Waals surface area contributed by atoms with Gasteiger partial charge in [0.1, 0.15) is 5.82 Å². The summed E-state index contributed by atoms with van der Waals surface area (Å²) in [6, 6.07) is 4.51. The van der Waals surface area contributed by atoms with Crippen molar-refractivity contribution >= 4 is 27.7 Å². The second-order valence-corrected chi connectivity index (χ2v) is 5.40. The van der Waals surface area contributed by atoms with Crippen molar-refractivity contribution in [3.05, 3.63) is 34.1 Å². The Kier molecular flexibility index (Phi) is 4.19. The fraction of sp³-hybridized carbons (Fsp3) is 0.385. The average Bonchev–Trinajstić information content (AvgIpc) is 3.15. The standard InChI is InChI=1S/C13H14BrFN2O2/c1-17(7-11(18)16-8-5-6-8)13(19)9-3-2-4-10(15)12(9)14/h2-4,8H,5-7H2,1H3,(H,16,18). The van der Waals surface area contributed by atoms with Gasteiger partial charge in [-0.1, -0.05) is 6.07 Å².